The molecule has 1 amide bonds. The van der Waals surface area contributed by atoms with Gasteiger partial charge >= 0.3 is 0 Å². The van der Waals surface area contributed by atoms with Crippen LogP contribution in [0, 0.1) is 5.92 Å². The maximum absolute atomic E-state index is 12.2. The van der Waals surface area contributed by atoms with Gasteiger partial charge in [0.25, 0.3) is 0 Å². The van der Waals surface area contributed by atoms with Crippen molar-refractivity contribution < 1.29 is 9.90 Å². The fourth-order valence-corrected chi connectivity index (χ4v) is 3.31. The molecular weight excluding hydrogens is 274 g/mol. The fraction of sp³-hybridized carbons (Fsp3) is 0.562. The van der Waals surface area contributed by atoms with Crippen molar-refractivity contribution in [2.75, 3.05) is 6.61 Å². The van der Waals surface area contributed by atoms with Gasteiger partial charge in [0.05, 0.1) is 18.6 Å². The molecule has 2 rings (SSSR count). The van der Waals surface area contributed by atoms with Crippen LogP contribution in [0.2, 0.25) is 5.02 Å². The monoisotopic (exact) mass is 295 g/mol. The summed E-state index contributed by atoms with van der Waals surface area (Å²) < 4.78 is 0. The SMILES string of the molecule is CC1CCCC(CO)(NC(=O)Cc2ccccc2Cl)C1. The van der Waals surface area contributed by atoms with Gasteiger partial charge in [0.15, 0.2) is 0 Å². The normalized spacial score (nSPS) is 26.2. The van der Waals surface area contributed by atoms with Crippen LogP contribution >= 0.6 is 11.6 Å². The van der Waals surface area contributed by atoms with Crippen molar-refractivity contribution in [1.29, 1.82) is 0 Å². The minimum atomic E-state index is -0.448. The molecule has 0 heterocycles. The predicted octanol–water partition coefficient (Wildman–Crippen LogP) is 2.94. The van der Waals surface area contributed by atoms with Gasteiger partial charge in [0, 0.05) is 5.02 Å². The van der Waals surface area contributed by atoms with E-state index in [0.717, 1.165) is 24.8 Å². The number of aliphatic hydroxyl groups is 1. The molecule has 0 aliphatic heterocycles. The first-order valence-electron chi connectivity index (χ1n) is 7.20. The fourth-order valence-electron chi connectivity index (χ4n) is 3.11. The second kappa shape index (κ2) is 6.59. The summed E-state index contributed by atoms with van der Waals surface area (Å²) in [5, 5.41) is 13.3. The van der Waals surface area contributed by atoms with E-state index in [9.17, 15) is 9.90 Å². The molecule has 0 spiro atoms. The standard InChI is InChI=1S/C16H22ClNO2/c1-12-5-4-8-16(10-12,11-19)18-15(20)9-13-6-2-3-7-14(13)17/h2-3,6-7,12,19H,4-5,8-11H2,1H3,(H,18,20). The van der Waals surface area contributed by atoms with Gasteiger partial charge in [-0.05, 0) is 30.4 Å². The number of benzene rings is 1. The second-order valence-corrected chi connectivity index (χ2v) is 6.36. The zero-order valence-corrected chi connectivity index (χ0v) is 12.6. The number of hydrogen-bond donors (Lipinski definition) is 2. The summed E-state index contributed by atoms with van der Waals surface area (Å²) in [6, 6.07) is 7.37. The van der Waals surface area contributed by atoms with Crippen molar-refractivity contribution in [3.63, 3.8) is 0 Å². The quantitative estimate of drug-likeness (QED) is 0.897. The minimum Gasteiger partial charge on any atom is -0.394 e. The lowest BCUT2D eigenvalue weighted by molar-refractivity contribution is -0.123. The third-order valence-electron chi connectivity index (χ3n) is 4.11. The van der Waals surface area contributed by atoms with Crippen molar-refractivity contribution in [1.82, 2.24) is 5.32 Å². The van der Waals surface area contributed by atoms with E-state index in [0.29, 0.717) is 10.9 Å². The largest absolute Gasteiger partial charge is 0.394 e. The van der Waals surface area contributed by atoms with E-state index in [2.05, 4.69) is 12.2 Å². The first-order valence-corrected chi connectivity index (χ1v) is 7.58. The molecule has 110 valence electrons. The molecule has 0 saturated heterocycles. The maximum Gasteiger partial charge on any atom is 0.224 e. The summed E-state index contributed by atoms with van der Waals surface area (Å²) in [5.41, 5.74) is 0.374. The van der Waals surface area contributed by atoms with Gasteiger partial charge in [-0.3, -0.25) is 4.79 Å². The molecule has 3 nitrogen and oxygen atoms in total. The summed E-state index contributed by atoms with van der Waals surface area (Å²) in [4.78, 5) is 12.2. The van der Waals surface area contributed by atoms with Crippen molar-refractivity contribution in [3.8, 4) is 0 Å². The molecule has 0 radical (unpaired) electrons. The summed E-state index contributed by atoms with van der Waals surface area (Å²) in [7, 11) is 0. The topological polar surface area (TPSA) is 49.3 Å². The van der Waals surface area contributed by atoms with Gasteiger partial charge in [-0.25, -0.2) is 0 Å². The van der Waals surface area contributed by atoms with Crippen LogP contribution in [0.15, 0.2) is 24.3 Å². The third-order valence-corrected chi connectivity index (χ3v) is 4.48. The Kier molecular flexibility index (Phi) is 5.06. The van der Waals surface area contributed by atoms with Gasteiger partial charge in [-0.2, -0.15) is 0 Å². The Morgan fingerprint density at radius 2 is 2.25 bits per heavy atom. The van der Waals surface area contributed by atoms with Crippen LogP contribution < -0.4 is 5.32 Å². The average Bonchev–Trinajstić information content (AvgIpc) is 2.41. The van der Waals surface area contributed by atoms with Crippen molar-refractivity contribution in [2.24, 2.45) is 5.92 Å². The smallest absolute Gasteiger partial charge is 0.224 e. The number of aliphatic hydroxyl groups excluding tert-OH is 1. The van der Waals surface area contributed by atoms with Gasteiger partial charge in [0.1, 0.15) is 0 Å². The van der Waals surface area contributed by atoms with Crippen LogP contribution in [0.4, 0.5) is 0 Å². The molecule has 1 fully saturated rings. The van der Waals surface area contributed by atoms with E-state index in [1.807, 2.05) is 18.2 Å². The molecule has 1 aromatic carbocycles. The molecule has 20 heavy (non-hydrogen) atoms. The number of rotatable bonds is 4. The highest BCUT2D eigenvalue weighted by Crippen LogP contribution is 2.32. The molecule has 1 aliphatic carbocycles. The maximum atomic E-state index is 12.2. The number of carbonyl (C=O) groups excluding carboxylic acids is 1. The molecule has 0 aromatic heterocycles. The summed E-state index contributed by atoms with van der Waals surface area (Å²) in [5.74, 6) is 0.470. The minimum absolute atomic E-state index is 0.00556. The molecule has 1 aliphatic rings. The molecule has 0 bridgehead atoms. The Balaban J connectivity index is 2.01. The van der Waals surface area contributed by atoms with Gasteiger partial charge in [-0.15, -0.1) is 0 Å². The van der Waals surface area contributed by atoms with Crippen LogP contribution in [0.1, 0.15) is 38.2 Å². The lowest BCUT2D eigenvalue weighted by Gasteiger charge is -2.39. The summed E-state index contributed by atoms with van der Waals surface area (Å²) >= 11 is 6.07. The first kappa shape index (κ1) is 15.3. The zero-order chi connectivity index (χ0) is 14.6. The molecule has 1 saturated carbocycles. The van der Waals surface area contributed by atoms with Crippen LogP contribution in [-0.4, -0.2) is 23.2 Å². The Labute approximate surface area is 125 Å². The first-order chi connectivity index (χ1) is 9.54. The van der Waals surface area contributed by atoms with E-state index in [4.69, 9.17) is 11.6 Å². The molecule has 2 N–H and O–H groups in total. The van der Waals surface area contributed by atoms with E-state index >= 15 is 0 Å². The van der Waals surface area contributed by atoms with Gasteiger partial charge < -0.3 is 10.4 Å². The Morgan fingerprint density at radius 1 is 1.50 bits per heavy atom. The van der Waals surface area contributed by atoms with Crippen LogP contribution in [0.25, 0.3) is 0 Å². The van der Waals surface area contributed by atoms with Gasteiger partial charge in [-0.1, -0.05) is 49.6 Å². The van der Waals surface area contributed by atoms with Crippen LogP contribution in [0.3, 0.4) is 0 Å². The third kappa shape index (κ3) is 3.74. The summed E-state index contributed by atoms with van der Waals surface area (Å²) in [6.45, 7) is 2.18. The number of hydrogen-bond acceptors (Lipinski definition) is 2. The molecule has 2 unspecified atom stereocenters. The summed E-state index contributed by atoms with van der Waals surface area (Å²) in [6.07, 6.45) is 4.17. The van der Waals surface area contributed by atoms with Crippen molar-refractivity contribution >= 4 is 17.5 Å². The lowest BCUT2D eigenvalue weighted by Crippen LogP contribution is -2.54. The molecule has 1 aromatic rings. The predicted molar refractivity (Wildman–Crippen MR) is 80.7 cm³/mol. The Bertz CT molecular complexity index is 477. The van der Waals surface area contributed by atoms with E-state index in [-0.39, 0.29) is 18.9 Å². The molecule has 2 atom stereocenters. The number of carbonyl (C=O) groups is 1. The zero-order valence-electron chi connectivity index (χ0n) is 11.9. The average molecular weight is 296 g/mol. The number of nitrogens with one attached hydrogen (secondary N) is 1. The second-order valence-electron chi connectivity index (χ2n) is 5.96. The highest BCUT2D eigenvalue weighted by molar-refractivity contribution is 6.31. The number of halogens is 1. The van der Waals surface area contributed by atoms with E-state index < -0.39 is 5.54 Å². The number of amides is 1. The van der Waals surface area contributed by atoms with Crippen LogP contribution in [-0.2, 0) is 11.2 Å². The molecule has 4 heteroatoms. The highest BCUT2D eigenvalue weighted by atomic mass is 35.5. The Morgan fingerprint density at radius 3 is 2.90 bits per heavy atom. The van der Waals surface area contributed by atoms with Crippen LogP contribution in [0.5, 0.6) is 0 Å². The van der Waals surface area contributed by atoms with E-state index in [1.165, 1.54) is 6.42 Å². The van der Waals surface area contributed by atoms with E-state index in [1.54, 1.807) is 6.07 Å². The Hall–Kier alpha value is -1.06. The highest BCUT2D eigenvalue weighted by Gasteiger charge is 2.35. The molecular formula is C16H22ClNO2. The van der Waals surface area contributed by atoms with Crippen molar-refractivity contribution in [2.45, 2.75) is 44.6 Å². The lowest BCUT2D eigenvalue weighted by atomic mass is 9.76. The van der Waals surface area contributed by atoms with Crippen molar-refractivity contribution in [3.05, 3.63) is 34.9 Å². The van der Waals surface area contributed by atoms with Gasteiger partial charge in [0.2, 0.25) is 5.91 Å².